The average Bonchev–Trinajstić information content (AvgIpc) is 2.82. The first-order valence-electron chi connectivity index (χ1n) is 11.7. The van der Waals surface area contributed by atoms with Crippen molar-refractivity contribution in [3.63, 3.8) is 0 Å². The van der Waals surface area contributed by atoms with Gasteiger partial charge < -0.3 is 10.2 Å². The molecule has 0 bridgehead atoms. The maximum Gasteiger partial charge on any atom is 0.262 e. The number of anilines is 1. The van der Waals surface area contributed by atoms with E-state index >= 15 is 0 Å². The molecule has 1 aromatic carbocycles. The van der Waals surface area contributed by atoms with Gasteiger partial charge in [-0.15, -0.1) is 0 Å². The molecular weight excluding hydrogens is 418 g/mol. The van der Waals surface area contributed by atoms with E-state index in [1.165, 1.54) is 44.0 Å². The summed E-state index contributed by atoms with van der Waals surface area (Å²) < 4.78 is 0. The van der Waals surface area contributed by atoms with E-state index in [0.29, 0.717) is 28.7 Å². The van der Waals surface area contributed by atoms with Crippen LogP contribution in [0.3, 0.4) is 0 Å². The standard InChI is InChI=1S/C26H31N3O2S/c1-2-20-12-6-8-14-29(20)15-9-7-13-23(30)21-17-22-25(18-27-21)32-24(26(31)28-22)16-19-10-4-3-5-11-19/h3-5,10-11,16-18,20H,2,6-9,12-15H2,1H3,(H,28,31)/b24-16-. The molecule has 1 saturated heterocycles. The highest BCUT2D eigenvalue weighted by atomic mass is 32.2. The van der Waals surface area contributed by atoms with Crippen LogP contribution in [-0.2, 0) is 4.79 Å². The molecule has 1 aromatic heterocycles. The Morgan fingerprint density at radius 2 is 2.09 bits per heavy atom. The smallest absolute Gasteiger partial charge is 0.262 e. The van der Waals surface area contributed by atoms with Crippen molar-refractivity contribution in [1.29, 1.82) is 0 Å². The number of likely N-dealkylation sites (tertiary alicyclic amines) is 1. The summed E-state index contributed by atoms with van der Waals surface area (Å²) in [6.45, 7) is 4.54. The Balaban J connectivity index is 1.32. The summed E-state index contributed by atoms with van der Waals surface area (Å²) in [5.74, 6) is -0.105. The van der Waals surface area contributed by atoms with Gasteiger partial charge in [-0.05, 0) is 62.9 Å². The van der Waals surface area contributed by atoms with Crippen LogP contribution >= 0.6 is 11.8 Å². The number of pyridine rings is 1. The predicted octanol–water partition coefficient (Wildman–Crippen LogP) is 5.78. The normalized spacial score (nSPS) is 20.1. The second-order valence-electron chi connectivity index (χ2n) is 8.52. The molecule has 1 amide bonds. The average molecular weight is 450 g/mol. The molecule has 2 aliphatic rings. The highest BCUT2D eigenvalue weighted by Gasteiger charge is 2.23. The number of ketones is 1. The van der Waals surface area contributed by atoms with Crippen LogP contribution in [0, 0.1) is 0 Å². The molecule has 5 nitrogen and oxygen atoms in total. The van der Waals surface area contributed by atoms with Crippen LogP contribution in [0.1, 0.15) is 67.9 Å². The number of nitrogens with one attached hydrogen (secondary N) is 1. The number of benzene rings is 1. The van der Waals surface area contributed by atoms with Gasteiger partial charge in [-0.25, -0.2) is 0 Å². The number of fused-ring (bicyclic) bond motifs is 1. The fraction of sp³-hybridized carbons (Fsp3) is 0.423. The molecular formula is C26H31N3O2S. The van der Waals surface area contributed by atoms with Gasteiger partial charge >= 0.3 is 0 Å². The number of aromatic nitrogens is 1. The van der Waals surface area contributed by atoms with Crippen LogP contribution in [-0.4, -0.2) is 40.7 Å². The molecule has 1 atom stereocenters. The lowest BCUT2D eigenvalue weighted by Crippen LogP contribution is -2.39. The Morgan fingerprint density at radius 1 is 1.25 bits per heavy atom. The Kier molecular flexibility index (Phi) is 7.76. The van der Waals surface area contributed by atoms with Crippen molar-refractivity contribution in [2.24, 2.45) is 0 Å². The number of thioether (sulfide) groups is 1. The summed E-state index contributed by atoms with van der Waals surface area (Å²) in [5.41, 5.74) is 2.08. The van der Waals surface area contributed by atoms with Crippen molar-refractivity contribution in [3.8, 4) is 0 Å². The molecule has 2 aliphatic heterocycles. The third-order valence-electron chi connectivity index (χ3n) is 6.26. The fourth-order valence-corrected chi connectivity index (χ4v) is 5.36. The van der Waals surface area contributed by atoms with Crippen molar-refractivity contribution >= 4 is 35.2 Å². The summed E-state index contributed by atoms with van der Waals surface area (Å²) in [7, 11) is 0. The summed E-state index contributed by atoms with van der Waals surface area (Å²) in [6.07, 6.45) is 11.1. The molecule has 0 radical (unpaired) electrons. The Labute approximate surface area is 194 Å². The first-order chi connectivity index (χ1) is 15.6. The molecule has 0 saturated carbocycles. The van der Waals surface area contributed by atoms with Crippen molar-refractivity contribution in [2.75, 3.05) is 18.4 Å². The third kappa shape index (κ3) is 5.67. The molecule has 32 heavy (non-hydrogen) atoms. The number of Topliss-reactive ketones (excluding diaryl/α,β-unsaturated/α-hetero) is 1. The van der Waals surface area contributed by atoms with Gasteiger partial charge in [-0.1, -0.05) is 55.4 Å². The third-order valence-corrected chi connectivity index (χ3v) is 7.33. The van der Waals surface area contributed by atoms with Gasteiger partial charge in [-0.3, -0.25) is 14.6 Å². The molecule has 6 heteroatoms. The van der Waals surface area contributed by atoms with Crippen molar-refractivity contribution in [1.82, 2.24) is 9.88 Å². The molecule has 0 spiro atoms. The molecule has 3 heterocycles. The van der Waals surface area contributed by atoms with Crippen LogP contribution in [0.5, 0.6) is 0 Å². The van der Waals surface area contributed by atoms with E-state index < -0.39 is 0 Å². The summed E-state index contributed by atoms with van der Waals surface area (Å²) in [6, 6.07) is 12.2. The van der Waals surface area contributed by atoms with Gasteiger partial charge in [-0.2, -0.15) is 0 Å². The van der Waals surface area contributed by atoms with Crippen molar-refractivity contribution < 1.29 is 9.59 Å². The second-order valence-corrected chi connectivity index (χ2v) is 9.60. The quantitative estimate of drug-likeness (QED) is 0.314. The number of hydrogen-bond acceptors (Lipinski definition) is 5. The molecule has 4 rings (SSSR count). The molecule has 1 N–H and O–H groups in total. The van der Waals surface area contributed by atoms with Crippen molar-refractivity contribution in [2.45, 2.75) is 62.8 Å². The van der Waals surface area contributed by atoms with Crippen molar-refractivity contribution in [3.05, 3.63) is 58.8 Å². The van der Waals surface area contributed by atoms with E-state index in [2.05, 4.69) is 22.1 Å². The highest BCUT2D eigenvalue weighted by Crippen LogP contribution is 2.38. The first kappa shape index (κ1) is 22.7. The number of hydrogen-bond donors (Lipinski definition) is 1. The van der Waals surface area contributed by atoms with Crippen LogP contribution in [0.4, 0.5) is 5.69 Å². The lowest BCUT2D eigenvalue weighted by Gasteiger charge is -2.35. The second kappa shape index (κ2) is 10.9. The molecule has 1 fully saturated rings. The Bertz CT molecular complexity index is 990. The van der Waals surface area contributed by atoms with Gasteiger partial charge in [0.1, 0.15) is 5.69 Å². The first-order valence-corrected chi connectivity index (χ1v) is 12.5. The van der Waals surface area contributed by atoms with E-state index in [-0.39, 0.29) is 11.7 Å². The number of nitrogens with zero attached hydrogens (tertiary/aromatic N) is 2. The fourth-order valence-electron chi connectivity index (χ4n) is 4.46. The van der Waals surface area contributed by atoms with E-state index in [9.17, 15) is 9.59 Å². The maximum absolute atomic E-state index is 12.7. The van der Waals surface area contributed by atoms with Gasteiger partial charge in [0, 0.05) is 18.7 Å². The summed E-state index contributed by atoms with van der Waals surface area (Å²) in [5, 5.41) is 2.92. The number of piperidine rings is 1. The van der Waals surface area contributed by atoms with Crippen LogP contribution < -0.4 is 5.32 Å². The minimum atomic E-state index is -0.150. The minimum absolute atomic E-state index is 0.0448. The number of carbonyl (C=O) groups excluding carboxylic acids is 2. The van der Waals surface area contributed by atoms with Gasteiger partial charge in [0.2, 0.25) is 0 Å². The number of rotatable bonds is 8. The zero-order chi connectivity index (χ0) is 22.3. The molecule has 0 aliphatic carbocycles. The van der Waals surface area contributed by atoms with Gasteiger partial charge in [0.25, 0.3) is 5.91 Å². The highest BCUT2D eigenvalue weighted by molar-refractivity contribution is 8.04. The zero-order valence-electron chi connectivity index (χ0n) is 18.7. The lowest BCUT2D eigenvalue weighted by molar-refractivity contribution is -0.112. The lowest BCUT2D eigenvalue weighted by atomic mass is 9.99. The van der Waals surface area contributed by atoms with E-state index in [1.54, 1.807) is 12.3 Å². The van der Waals surface area contributed by atoms with E-state index in [1.807, 2.05) is 36.4 Å². The summed E-state index contributed by atoms with van der Waals surface area (Å²) in [4.78, 5) is 33.7. The molecule has 1 unspecified atom stereocenters. The van der Waals surface area contributed by atoms with Crippen LogP contribution in [0.2, 0.25) is 0 Å². The Morgan fingerprint density at radius 3 is 2.91 bits per heavy atom. The minimum Gasteiger partial charge on any atom is -0.320 e. The predicted molar refractivity (Wildman–Crippen MR) is 131 cm³/mol. The maximum atomic E-state index is 12.7. The van der Waals surface area contributed by atoms with Gasteiger partial charge in [0.15, 0.2) is 5.78 Å². The summed E-state index contributed by atoms with van der Waals surface area (Å²) >= 11 is 1.39. The number of amides is 1. The molecule has 2 aromatic rings. The number of carbonyl (C=O) groups is 2. The van der Waals surface area contributed by atoms with Gasteiger partial charge in [0.05, 0.1) is 15.5 Å². The number of unbranched alkanes of at least 4 members (excludes halogenated alkanes) is 1. The SMILES string of the molecule is CCC1CCCCN1CCCCC(=O)c1cc2c(cn1)S/C(=C\c1ccccc1)C(=O)N2. The van der Waals surface area contributed by atoms with E-state index in [0.717, 1.165) is 29.8 Å². The Hall–Kier alpha value is -2.44. The van der Waals surface area contributed by atoms with Crippen LogP contribution in [0.25, 0.3) is 6.08 Å². The largest absolute Gasteiger partial charge is 0.320 e. The monoisotopic (exact) mass is 449 g/mol. The van der Waals surface area contributed by atoms with E-state index in [4.69, 9.17) is 0 Å². The zero-order valence-corrected chi connectivity index (χ0v) is 19.5. The topological polar surface area (TPSA) is 62.3 Å². The van der Waals surface area contributed by atoms with Crippen LogP contribution in [0.15, 0.2) is 52.4 Å². The molecule has 168 valence electrons.